The predicted octanol–water partition coefficient (Wildman–Crippen LogP) is 2.09. The molecule has 0 unspecified atom stereocenters. The maximum Gasteiger partial charge on any atom is 0.282 e. The van der Waals surface area contributed by atoms with Crippen molar-refractivity contribution in [3.8, 4) is 0 Å². The summed E-state index contributed by atoms with van der Waals surface area (Å²) in [6.07, 6.45) is 4.27. The molecule has 2 aromatic heterocycles. The Labute approximate surface area is 143 Å². The highest BCUT2D eigenvalue weighted by Crippen LogP contribution is 2.26. The van der Waals surface area contributed by atoms with E-state index in [1.54, 1.807) is 14.8 Å². The van der Waals surface area contributed by atoms with Crippen molar-refractivity contribution in [2.45, 2.75) is 25.8 Å². The van der Waals surface area contributed by atoms with Gasteiger partial charge in [0.15, 0.2) is 5.65 Å². The van der Waals surface area contributed by atoms with E-state index in [0.717, 1.165) is 34.0 Å². The Hall–Kier alpha value is -1.09. The first kappa shape index (κ1) is 15.4. The first-order chi connectivity index (χ1) is 11.0. The van der Waals surface area contributed by atoms with Crippen LogP contribution in [0.5, 0.6) is 0 Å². The fraction of sp³-hybridized carbons (Fsp3) is 0.467. The van der Waals surface area contributed by atoms with Crippen molar-refractivity contribution in [2.24, 2.45) is 0 Å². The molecule has 122 valence electrons. The van der Waals surface area contributed by atoms with Crippen LogP contribution in [0.25, 0.3) is 11.0 Å². The molecule has 2 aliphatic heterocycles. The third-order valence-electron chi connectivity index (χ3n) is 4.47. The smallest absolute Gasteiger partial charge is 0.235 e. The van der Waals surface area contributed by atoms with Crippen LogP contribution in [-0.4, -0.2) is 46.6 Å². The number of halogens is 1. The van der Waals surface area contributed by atoms with Crippen molar-refractivity contribution < 1.29 is 8.42 Å². The van der Waals surface area contributed by atoms with Gasteiger partial charge >= 0.3 is 0 Å². The van der Waals surface area contributed by atoms with Gasteiger partial charge in [0.2, 0.25) is 0 Å². The molecule has 0 radical (unpaired) electrons. The van der Waals surface area contributed by atoms with E-state index in [1.165, 1.54) is 0 Å². The molecular weight excluding hydrogens is 380 g/mol. The fourth-order valence-electron chi connectivity index (χ4n) is 3.25. The molecule has 23 heavy (non-hydrogen) atoms. The average molecular weight is 397 g/mol. The molecule has 2 aromatic rings. The predicted molar refractivity (Wildman–Crippen MR) is 91.1 cm³/mol. The Morgan fingerprint density at radius 3 is 2.65 bits per heavy atom. The standard InChI is InChI=1S/C15H17BrN4O2S/c16-13-8-11-7-12-10-20(23(21,22)19-4-1-2-5-19)6-3-14(12)18-15(11)17-9-13/h7-9H,1-6,10H2. The molecule has 0 amide bonds. The monoisotopic (exact) mass is 396 g/mol. The molecule has 8 heteroatoms. The first-order valence-corrected chi connectivity index (χ1v) is 9.92. The molecule has 2 aliphatic rings. The molecule has 0 N–H and O–H groups in total. The molecule has 4 rings (SSSR count). The van der Waals surface area contributed by atoms with Gasteiger partial charge in [-0.25, -0.2) is 9.97 Å². The summed E-state index contributed by atoms with van der Waals surface area (Å²) in [5.41, 5.74) is 2.65. The SMILES string of the molecule is O=S(=O)(N1CCCC1)N1CCc2nc3ncc(Br)cc3cc2C1. The minimum atomic E-state index is -3.35. The molecule has 4 heterocycles. The zero-order valence-electron chi connectivity index (χ0n) is 12.6. The van der Waals surface area contributed by atoms with Gasteiger partial charge in [-0.05, 0) is 46.5 Å². The molecule has 1 fully saturated rings. The second kappa shape index (κ2) is 5.77. The summed E-state index contributed by atoms with van der Waals surface area (Å²) < 4.78 is 29.5. The number of pyridine rings is 2. The molecular formula is C15H17BrN4O2S. The van der Waals surface area contributed by atoms with Gasteiger partial charge < -0.3 is 0 Å². The summed E-state index contributed by atoms with van der Waals surface area (Å²) in [5, 5.41) is 0.929. The number of nitrogens with zero attached hydrogens (tertiary/aromatic N) is 4. The van der Waals surface area contributed by atoms with Gasteiger partial charge in [0.25, 0.3) is 10.2 Å². The van der Waals surface area contributed by atoms with Crippen LogP contribution in [0, 0.1) is 0 Å². The quantitative estimate of drug-likeness (QED) is 0.779. The van der Waals surface area contributed by atoms with E-state index in [1.807, 2.05) is 12.1 Å². The van der Waals surface area contributed by atoms with Gasteiger partial charge in [-0.2, -0.15) is 17.0 Å². The second-order valence-corrected chi connectivity index (χ2v) is 8.84. The zero-order valence-corrected chi connectivity index (χ0v) is 15.0. The molecule has 0 bridgehead atoms. The molecule has 0 atom stereocenters. The Morgan fingerprint density at radius 2 is 1.87 bits per heavy atom. The summed E-state index contributed by atoms with van der Waals surface area (Å²) in [4.78, 5) is 8.93. The molecule has 6 nitrogen and oxygen atoms in total. The normalized spacial score (nSPS) is 20.0. The Morgan fingerprint density at radius 1 is 1.09 bits per heavy atom. The Balaban J connectivity index is 1.68. The van der Waals surface area contributed by atoms with E-state index in [2.05, 4.69) is 25.9 Å². The minimum absolute atomic E-state index is 0.392. The van der Waals surface area contributed by atoms with E-state index in [4.69, 9.17) is 0 Å². The van der Waals surface area contributed by atoms with Crippen molar-refractivity contribution in [1.82, 2.24) is 18.6 Å². The number of aromatic nitrogens is 2. The van der Waals surface area contributed by atoms with Crippen LogP contribution in [0.3, 0.4) is 0 Å². The highest BCUT2D eigenvalue weighted by Gasteiger charge is 2.34. The summed E-state index contributed by atoms with van der Waals surface area (Å²) in [6.45, 7) is 2.15. The second-order valence-electron chi connectivity index (χ2n) is 5.99. The largest absolute Gasteiger partial charge is 0.282 e. The van der Waals surface area contributed by atoms with Crippen LogP contribution >= 0.6 is 15.9 Å². The number of fused-ring (bicyclic) bond motifs is 2. The maximum atomic E-state index is 12.7. The van der Waals surface area contributed by atoms with Crippen LogP contribution in [-0.2, 0) is 23.2 Å². The molecule has 1 saturated heterocycles. The zero-order chi connectivity index (χ0) is 16.0. The minimum Gasteiger partial charge on any atom is -0.235 e. The topological polar surface area (TPSA) is 66.4 Å². The van der Waals surface area contributed by atoms with Crippen molar-refractivity contribution in [2.75, 3.05) is 19.6 Å². The van der Waals surface area contributed by atoms with Gasteiger partial charge in [0.1, 0.15) is 0 Å². The highest BCUT2D eigenvalue weighted by molar-refractivity contribution is 9.10. The Bertz CT molecular complexity index is 865. The average Bonchev–Trinajstić information content (AvgIpc) is 3.07. The Kier molecular flexibility index (Phi) is 3.87. The van der Waals surface area contributed by atoms with Crippen LogP contribution < -0.4 is 0 Å². The van der Waals surface area contributed by atoms with Crippen molar-refractivity contribution in [3.63, 3.8) is 0 Å². The number of rotatable bonds is 2. The first-order valence-electron chi connectivity index (χ1n) is 7.73. The van der Waals surface area contributed by atoms with Gasteiger partial charge in [0.05, 0.1) is 0 Å². The van der Waals surface area contributed by atoms with Crippen LogP contribution in [0.15, 0.2) is 22.8 Å². The molecule has 0 aliphatic carbocycles. The van der Waals surface area contributed by atoms with E-state index in [9.17, 15) is 8.42 Å². The summed E-state index contributed by atoms with van der Waals surface area (Å²) in [6, 6.07) is 3.98. The molecule has 0 spiro atoms. The van der Waals surface area contributed by atoms with Gasteiger partial charge in [-0.1, -0.05) is 0 Å². The maximum absolute atomic E-state index is 12.7. The molecule has 0 aromatic carbocycles. The third-order valence-corrected chi connectivity index (χ3v) is 6.88. The molecule has 0 saturated carbocycles. The van der Waals surface area contributed by atoms with E-state index in [-0.39, 0.29) is 0 Å². The van der Waals surface area contributed by atoms with Crippen LogP contribution in [0.2, 0.25) is 0 Å². The van der Waals surface area contributed by atoms with Crippen molar-refractivity contribution in [3.05, 3.63) is 34.1 Å². The van der Waals surface area contributed by atoms with Gasteiger partial charge in [-0.3, -0.25) is 0 Å². The van der Waals surface area contributed by atoms with Crippen molar-refractivity contribution in [1.29, 1.82) is 0 Å². The highest BCUT2D eigenvalue weighted by atomic mass is 79.9. The lowest BCUT2D eigenvalue weighted by atomic mass is 10.1. The van der Waals surface area contributed by atoms with Gasteiger partial charge in [-0.15, -0.1) is 0 Å². The van der Waals surface area contributed by atoms with E-state index >= 15 is 0 Å². The number of hydrogen-bond donors (Lipinski definition) is 0. The lowest BCUT2D eigenvalue weighted by Crippen LogP contribution is -2.44. The lowest BCUT2D eigenvalue weighted by Gasteiger charge is -2.31. The van der Waals surface area contributed by atoms with Gasteiger partial charge in [0, 0.05) is 54.3 Å². The fourth-order valence-corrected chi connectivity index (χ4v) is 5.27. The van der Waals surface area contributed by atoms with Crippen molar-refractivity contribution >= 4 is 37.2 Å². The lowest BCUT2D eigenvalue weighted by molar-refractivity contribution is 0.343. The number of hydrogen-bond acceptors (Lipinski definition) is 4. The third kappa shape index (κ3) is 2.77. The summed E-state index contributed by atoms with van der Waals surface area (Å²) in [7, 11) is -3.35. The van der Waals surface area contributed by atoms with E-state index in [0.29, 0.717) is 38.2 Å². The summed E-state index contributed by atoms with van der Waals surface area (Å²) in [5.74, 6) is 0. The van der Waals surface area contributed by atoms with Crippen LogP contribution in [0.4, 0.5) is 0 Å². The summed E-state index contributed by atoms with van der Waals surface area (Å²) >= 11 is 3.41. The van der Waals surface area contributed by atoms with Crippen LogP contribution in [0.1, 0.15) is 24.1 Å². The van der Waals surface area contributed by atoms with E-state index < -0.39 is 10.2 Å².